The van der Waals surface area contributed by atoms with Crippen LogP contribution in [0, 0.1) is 5.41 Å². The maximum absolute atomic E-state index is 12.1. The van der Waals surface area contributed by atoms with Gasteiger partial charge in [-0.2, -0.15) is 0 Å². The molecule has 0 bridgehead atoms. The second-order valence-corrected chi connectivity index (χ2v) is 7.28. The average Bonchev–Trinajstić information content (AvgIpc) is 2.54. The minimum atomic E-state index is -0.599. The van der Waals surface area contributed by atoms with E-state index >= 15 is 0 Å². The highest BCUT2D eigenvalue weighted by Gasteiger charge is 2.27. The van der Waals surface area contributed by atoms with Crippen LogP contribution in [0.1, 0.15) is 52.5 Å². The molecule has 0 saturated heterocycles. The summed E-state index contributed by atoms with van der Waals surface area (Å²) in [5.41, 5.74) is 1.03. The zero-order valence-electron chi connectivity index (χ0n) is 15.8. The van der Waals surface area contributed by atoms with Gasteiger partial charge in [-0.1, -0.05) is 51.1 Å². The molecule has 25 heavy (non-hydrogen) atoms. The smallest absolute Gasteiger partial charge is 0.328 e. The van der Waals surface area contributed by atoms with E-state index < -0.39 is 6.04 Å². The van der Waals surface area contributed by atoms with Crippen LogP contribution in [-0.2, 0) is 25.7 Å². The molecule has 0 aliphatic heterocycles. The first-order valence-electron chi connectivity index (χ1n) is 8.89. The Balaban J connectivity index is 2.32. The van der Waals surface area contributed by atoms with Crippen LogP contribution in [-0.4, -0.2) is 31.1 Å². The fourth-order valence-corrected chi connectivity index (χ4v) is 2.41. The number of benzene rings is 1. The zero-order valence-corrected chi connectivity index (χ0v) is 15.8. The number of carbonyl (C=O) groups is 2. The molecule has 0 fully saturated rings. The fraction of sp³-hybridized carbons (Fsp3) is 0.600. The maximum Gasteiger partial charge on any atom is 0.328 e. The van der Waals surface area contributed by atoms with Crippen molar-refractivity contribution in [2.24, 2.45) is 5.41 Å². The van der Waals surface area contributed by atoms with Gasteiger partial charge in [-0.3, -0.25) is 4.79 Å². The summed E-state index contributed by atoms with van der Waals surface area (Å²) in [6.07, 6.45) is 1.49. The summed E-state index contributed by atoms with van der Waals surface area (Å²) in [7, 11) is 0. The Bertz CT molecular complexity index is 522. The Hall–Kier alpha value is -1.88. The summed E-state index contributed by atoms with van der Waals surface area (Å²) < 4.78 is 10.6. The van der Waals surface area contributed by atoms with Crippen LogP contribution in [0.4, 0.5) is 0 Å². The third-order valence-electron chi connectivity index (χ3n) is 3.53. The third kappa shape index (κ3) is 9.87. The molecule has 1 rings (SSSR count). The molecule has 0 spiro atoms. The molecule has 0 radical (unpaired) electrons. The number of hydrogen-bond donors (Lipinski definition) is 1. The Labute approximate surface area is 151 Å². The first-order chi connectivity index (χ1) is 11.8. The van der Waals surface area contributed by atoms with Gasteiger partial charge in [0.2, 0.25) is 5.91 Å². The van der Waals surface area contributed by atoms with E-state index in [-0.39, 0.29) is 17.3 Å². The molecule has 0 heterocycles. The van der Waals surface area contributed by atoms with Crippen LogP contribution in [0.15, 0.2) is 30.3 Å². The van der Waals surface area contributed by atoms with E-state index in [2.05, 4.69) is 5.32 Å². The number of ether oxygens (including phenoxy) is 2. The van der Waals surface area contributed by atoms with E-state index in [1.807, 2.05) is 51.1 Å². The summed E-state index contributed by atoms with van der Waals surface area (Å²) in [4.78, 5) is 24.1. The maximum atomic E-state index is 12.1. The van der Waals surface area contributed by atoms with Gasteiger partial charge >= 0.3 is 5.97 Å². The molecular weight excluding hydrogens is 318 g/mol. The predicted molar refractivity (Wildman–Crippen MR) is 98.0 cm³/mol. The highest BCUT2D eigenvalue weighted by atomic mass is 16.5. The molecule has 1 N–H and O–H groups in total. The lowest BCUT2D eigenvalue weighted by Crippen LogP contribution is -2.44. The summed E-state index contributed by atoms with van der Waals surface area (Å²) >= 11 is 0. The van der Waals surface area contributed by atoms with Crippen molar-refractivity contribution in [3.8, 4) is 0 Å². The first-order valence-corrected chi connectivity index (χ1v) is 8.89. The van der Waals surface area contributed by atoms with Crippen LogP contribution in [0.2, 0.25) is 0 Å². The Morgan fingerprint density at radius 2 is 1.84 bits per heavy atom. The van der Waals surface area contributed by atoms with Crippen LogP contribution in [0.5, 0.6) is 0 Å². The van der Waals surface area contributed by atoms with Gasteiger partial charge in [-0.25, -0.2) is 4.79 Å². The first kappa shape index (κ1) is 21.2. The van der Waals surface area contributed by atoms with Crippen molar-refractivity contribution in [2.75, 3.05) is 13.2 Å². The molecule has 0 aromatic heterocycles. The number of nitrogens with one attached hydrogen (secondary N) is 1. The number of hydrogen-bond acceptors (Lipinski definition) is 4. The molecule has 1 amide bonds. The number of rotatable bonds is 10. The molecule has 0 aliphatic rings. The highest BCUT2D eigenvalue weighted by Crippen LogP contribution is 2.21. The van der Waals surface area contributed by atoms with Gasteiger partial charge in [0.1, 0.15) is 6.04 Å². The average molecular weight is 349 g/mol. The second kappa shape index (κ2) is 10.9. The lowest BCUT2D eigenvalue weighted by Gasteiger charge is -2.25. The van der Waals surface area contributed by atoms with Crippen molar-refractivity contribution >= 4 is 11.9 Å². The summed E-state index contributed by atoms with van der Waals surface area (Å²) in [5.74, 6) is -0.517. The van der Waals surface area contributed by atoms with Gasteiger partial charge in [0, 0.05) is 13.0 Å². The SMILES string of the molecule is CCOC(=O)C(CC(C)(C)C)NC(=O)CCCOCc1ccccc1. The van der Waals surface area contributed by atoms with E-state index in [1.165, 1.54) is 0 Å². The quantitative estimate of drug-likeness (QED) is 0.519. The van der Waals surface area contributed by atoms with Gasteiger partial charge < -0.3 is 14.8 Å². The molecule has 1 atom stereocenters. The van der Waals surface area contributed by atoms with E-state index in [4.69, 9.17) is 9.47 Å². The minimum absolute atomic E-state index is 0.0799. The molecule has 140 valence electrons. The Morgan fingerprint density at radius 3 is 2.44 bits per heavy atom. The second-order valence-electron chi connectivity index (χ2n) is 7.28. The standard InChI is InChI=1S/C20H31NO4/c1-5-25-19(23)17(14-20(2,3)4)21-18(22)12-9-13-24-15-16-10-7-6-8-11-16/h6-8,10-11,17H,5,9,12-15H2,1-4H3,(H,21,22). The van der Waals surface area contributed by atoms with Crippen molar-refractivity contribution in [3.63, 3.8) is 0 Å². The topological polar surface area (TPSA) is 64.6 Å². The van der Waals surface area contributed by atoms with E-state index in [9.17, 15) is 9.59 Å². The van der Waals surface area contributed by atoms with Crippen LogP contribution >= 0.6 is 0 Å². The van der Waals surface area contributed by atoms with Gasteiger partial charge in [-0.05, 0) is 30.7 Å². The fourth-order valence-electron chi connectivity index (χ4n) is 2.41. The molecule has 0 saturated carbocycles. The molecule has 1 aromatic carbocycles. The Morgan fingerprint density at radius 1 is 1.16 bits per heavy atom. The minimum Gasteiger partial charge on any atom is -0.464 e. The normalized spacial score (nSPS) is 12.5. The summed E-state index contributed by atoms with van der Waals surface area (Å²) in [6, 6.07) is 9.31. The van der Waals surface area contributed by atoms with Crippen molar-refractivity contribution in [3.05, 3.63) is 35.9 Å². The van der Waals surface area contributed by atoms with Crippen LogP contribution < -0.4 is 5.32 Å². The summed E-state index contributed by atoms with van der Waals surface area (Å²) in [6.45, 7) is 9.21. The lowest BCUT2D eigenvalue weighted by molar-refractivity contribution is -0.148. The molecule has 0 aliphatic carbocycles. The molecule has 1 unspecified atom stereocenters. The van der Waals surface area contributed by atoms with Gasteiger partial charge in [0.05, 0.1) is 13.2 Å². The van der Waals surface area contributed by atoms with Gasteiger partial charge in [0.15, 0.2) is 0 Å². The van der Waals surface area contributed by atoms with Crippen molar-refractivity contribution < 1.29 is 19.1 Å². The monoisotopic (exact) mass is 349 g/mol. The third-order valence-corrected chi connectivity index (χ3v) is 3.53. The Kier molecular flexibility index (Phi) is 9.21. The van der Waals surface area contributed by atoms with Gasteiger partial charge in [0.25, 0.3) is 0 Å². The predicted octanol–water partition coefficient (Wildman–Crippen LogP) is 3.47. The molecule has 5 heteroatoms. The molecule has 5 nitrogen and oxygen atoms in total. The zero-order chi connectivity index (χ0) is 18.7. The highest BCUT2D eigenvalue weighted by molar-refractivity contribution is 5.84. The van der Waals surface area contributed by atoms with Crippen LogP contribution in [0.3, 0.4) is 0 Å². The number of carbonyl (C=O) groups excluding carboxylic acids is 2. The van der Waals surface area contributed by atoms with Crippen LogP contribution in [0.25, 0.3) is 0 Å². The van der Waals surface area contributed by atoms with E-state index in [1.54, 1.807) is 6.92 Å². The van der Waals surface area contributed by atoms with E-state index in [0.717, 1.165) is 5.56 Å². The summed E-state index contributed by atoms with van der Waals surface area (Å²) in [5, 5.41) is 2.80. The number of amides is 1. The van der Waals surface area contributed by atoms with Crippen molar-refractivity contribution in [1.29, 1.82) is 0 Å². The largest absolute Gasteiger partial charge is 0.464 e. The van der Waals surface area contributed by atoms with Gasteiger partial charge in [-0.15, -0.1) is 0 Å². The lowest BCUT2D eigenvalue weighted by atomic mass is 9.88. The van der Waals surface area contributed by atoms with Crippen molar-refractivity contribution in [1.82, 2.24) is 5.32 Å². The molecule has 1 aromatic rings. The van der Waals surface area contributed by atoms with E-state index in [0.29, 0.717) is 39.1 Å². The van der Waals surface area contributed by atoms with Crippen molar-refractivity contribution in [2.45, 2.75) is 59.6 Å². The molecular formula is C20H31NO4. The number of esters is 1.